The van der Waals surface area contributed by atoms with E-state index in [0.717, 1.165) is 19.3 Å². The zero-order valence-electron chi connectivity index (χ0n) is 11.1. The Morgan fingerprint density at radius 3 is 2.44 bits per heavy atom. The van der Waals surface area contributed by atoms with Crippen LogP contribution in [0.3, 0.4) is 0 Å². The van der Waals surface area contributed by atoms with Gasteiger partial charge in [-0.15, -0.1) is 0 Å². The number of amides is 3. The van der Waals surface area contributed by atoms with Crippen LogP contribution >= 0.6 is 0 Å². The Bertz CT molecular complexity index is 313. The fourth-order valence-electron chi connectivity index (χ4n) is 2.79. The van der Waals surface area contributed by atoms with Crippen LogP contribution in [0.15, 0.2) is 0 Å². The average Bonchev–Trinajstić information content (AvgIpc) is 2.35. The van der Waals surface area contributed by atoms with Crippen molar-refractivity contribution in [2.45, 2.75) is 57.0 Å². The molecule has 5 nitrogen and oxygen atoms in total. The molecule has 1 saturated heterocycles. The van der Waals surface area contributed by atoms with Gasteiger partial charge in [-0.25, -0.2) is 4.79 Å². The maximum atomic E-state index is 11.8. The molecule has 0 bridgehead atoms. The van der Waals surface area contributed by atoms with E-state index in [0.29, 0.717) is 19.0 Å². The van der Waals surface area contributed by atoms with Gasteiger partial charge in [0.15, 0.2) is 0 Å². The van der Waals surface area contributed by atoms with Crippen LogP contribution in [0.2, 0.25) is 0 Å². The minimum atomic E-state index is -0.0744. The van der Waals surface area contributed by atoms with Crippen molar-refractivity contribution >= 4 is 11.9 Å². The van der Waals surface area contributed by atoms with Crippen LogP contribution in [0.1, 0.15) is 44.9 Å². The van der Waals surface area contributed by atoms with Crippen molar-refractivity contribution < 1.29 is 9.59 Å². The third kappa shape index (κ3) is 3.62. The number of likely N-dealkylation sites (tertiary alicyclic amines) is 1. The monoisotopic (exact) mass is 253 g/mol. The van der Waals surface area contributed by atoms with Crippen molar-refractivity contribution in [1.82, 2.24) is 15.5 Å². The minimum absolute atomic E-state index is 0.0744. The fourth-order valence-corrected chi connectivity index (χ4v) is 2.79. The van der Waals surface area contributed by atoms with Crippen LogP contribution in [-0.4, -0.2) is 42.5 Å². The molecule has 1 atom stereocenters. The highest BCUT2D eigenvalue weighted by Crippen LogP contribution is 2.17. The van der Waals surface area contributed by atoms with Gasteiger partial charge in [0.25, 0.3) is 0 Å². The van der Waals surface area contributed by atoms with Gasteiger partial charge in [-0.1, -0.05) is 19.3 Å². The van der Waals surface area contributed by atoms with Gasteiger partial charge < -0.3 is 15.5 Å². The number of hydrogen-bond donors (Lipinski definition) is 2. The van der Waals surface area contributed by atoms with Crippen LogP contribution < -0.4 is 10.6 Å². The maximum Gasteiger partial charge on any atom is 0.315 e. The summed E-state index contributed by atoms with van der Waals surface area (Å²) in [4.78, 5) is 24.9. The molecule has 1 heterocycles. The van der Waals surface area contributed by atoms with Gasteiger partial charge in [-0.3, -0.25) is 4.79 Å². The summed E-state index contributed by atoms with van der Waals surface area (Å²) < 4.78 is 0. The first-order chi connectivity index (χ1) is 8.65. The van der Waals surface area contributed by atoms with Gasteiger partial charge in [-0.2, -0.15) is 0 Å². The predicted octanol–water partition coefficient (Wildman–Crippen LogP) is 1.24. The summed E-state index contributed by atoms with van der Waals surface area (Å²) in [5.74, 6) is 0.167. The highest BCUT2D eigenvalue weighted by Gasteiger charge is 2.24. The molecule has 0 aromatic heterocycles. The van der Waals surface area contributed by atoms with Crippen molar-refractivity contribution in [3.8, 4) is 0 Å². The van der Waals surface area contributed by atoms with E-state index in [9.17, 15) is 9.59 Å². The third-order valence-corrected chi connectivity index (χ3v) is 3.90. The highest BCUT2D eigenvalue weighted by molar-refractivity contribution is 5.78. The molecule has 0 spiro atoms. The third-order valence-electron chi connectivity index (χ3n) is 3.90. The van der Waals surface area contributed by atoms with Gasteiger partial charge in [0.2, 0.25) is 5.91 Å². The summed E-state index contributed by atoms with van der Waals surface area (Å²) in [6.45, 7) is 0.622. The summed E-state index contributed by atoms with van der Waals surface area (Å²) in [6, 6.07) is 0.354. The maximum absolute atomic E-state index is 11.8. The van der Waals surface area contributed by atoms with Gasteiger partial charge in [-0.05, 0) is 19.3 Å². The molecule has 1 aliphatic carbocycles. The van der Waals surface area contributed by atoms with Crippen molar-refractivity contribution in [3.63, 3.8) is 0 Å². The molecule has 1 saturated carbocycles. The van der Waals surface area contributed by atoms with E-state index < -0.39 is 0 Å². The molecule has 18 heavy (non-hydrogen) atoms. The lowest BCUT2D eigenvalue weighted by molar-refractivity contribution is -0.132. The number of urea groups is 1. The van der Waals surface area contributed by atoms with E-state index >= 15 is 0 Å². The number of carbonyl (C=O) groups excluding carboxylic acids is 2. The summed E-state index contributed by atoms with van der Waals surface area (Å²) in [7, 11) is 1.79. The van der Waals surface area contributed by atoms with Crippen LogP contribution in [0.5, 0.6) is 0 Å². The van der Waals surface area contributed by atoms with E-state index in [2.05, 4.69) is 10.6 Å². The summed E-state index contributed by atoms with van der Waals surface area (Å²) in [5.41, 5.74) is 0. The number of piperidine rings is 1. The first kappa shape index (κ1) is 13.2. The number of nitrogens with one attached hydrogen (secondary N) is 2. The molecule has 0 aromatic carbocycles. The molecule has 2 aliphatic rings. The van der Waals surface area contributed by atoms with Crippen molar-refractivity contribution in [1.29, 1.82) is 0 Å². The van der Waals surface area contributed by atoms with E-state index in [1.165, 1.54) is 19.3 Å². The first-order valence-electron chi connectivity index (χ1n) is 6.96. The van der Waals surface area contributed by atoms with Crippen molar-refractivity contribution in [2.75, 3.05) is 13.6 Å². The summed E-state index contributed by atoms with van der Waals surface area (Å²) in [6.07, 6.45) is 7.19. The molecule has 2 N–H and O–H groups in total. The summed E-state index contributed by atoms with van der Waals surface area (Å²) in [5, 5.41) is 6.01. The molecule has 2 rings (SSSR count). The second-order valence-corrected chi connectivity index (χ2v) is 5.46. The molecule has 102 valence electrons. The summed E-state index contributed by atoms with van der Waals surface area (Å²) >= 11 is 0. The molecule has 1 aliphatic heterocycles. The Hall–Kier alpha value is -1.26. The lowest BCUT2D eigenvalue weighted by atomic mass is 9.96. The number of hydrogen-bond acceptors (Lipinski definition) is 2. The van der Waals surface area contributed by atoms with E-state index in [-0.39, 0.29) is 18.0 Å². The Morgan fingerprint density at radius 2 is 1.78 bits per heavy atom. The van der Waals surface area contributed by atoms with Crippen LogP contribution in [0.25, 0.3) is 0 Å². The quantitative estimate of drug-likeness (QED) is 0.778. The Balaban J connectivity index is 1.72. The highest BCUT2D eigenvalue weighted by atomic mass is 16.2. The molecule has 2 fully saturated rings. The topological polar surface area (TPSA) is 61.4 Å². The van der Waals surface area contributed by atoms with E-state index in [1.54, 1.807) is 11.9 Å². The molecule has 1 unspecified atom stereocenters. The molecule has 0 aromatic rings. The Labute approximate surface area is 108 Å². The zero-order chi connectivity index (χ0) is 13.0. The lowest BCUT2D eigenvalue weighted by Gasteiger charge is -2.31. The van der Waals surface area contributed by atoms with Crippen LogP contribution in [-0.2, 0) is 4.79 Å². The first-order valence-corrected chi connectivity index (χ1v) is 6.96. The zero-order valence-corrected chi connectivity index (χ0v) is 11.1. The Kier molecular flexibility index (Phi) is 4.44. The van der Waals surface area contributed by atoms with Gasteiger partial charge >= 0.3 is 6.03 Å². The smallest absolute Gasteiger partial charge is 0.315 e. The van der Waals surface area contributed by atoms with Crippen molar-refractivity contribution in [2.24, 2.45) is 0 Å². The van der Waals surface area contributed by atoms with Crippen LogP contribution in [0.4, 0.5) is 4.79 Å². The second kappa shape index (κ2) is 6.07. The molecule has 5 heteroatoms. The van der Waals surface area contributed by atoms with Crippen LogP contribution in [0, 0.1) is 0 Å². The molecular formula is C13H23N3O2. The SMILES string of the molecule is CN1CC(NC(=O)NC2CCCCC2)CCC1=O. The van der Waals surface area contributed by atoms with Gasteiger partial charge in [0, 0.05) is 32.1 Å². The molecule has 3 amide bonds. The second-order valence-electron chi connectivity index (χ2n) is 5.46. The predicted molar refractivity (Wildman–Crippen MR) is 69.2 cm³/mol. The molecule has 0 radical (unpaired) electrons. The normalized spacial score (nSPS) is 25.9. The van der Waals surface area contributed by atoms with Gasteiger partial charge in [0.1, 0.15) is 0 Å². The number of likely N-dealkylation sites (N-methyl/N-ethyl adjacent to an activating group) is 1. The standard InChI is InChI=1S/C13H23N3O2/c1-16-9-11(7-8-12(16)17)15-13(18)14-10-5-3-2-4-6-10/h10-11H,2-9H2,1H3,(H2,14,15,18). The fraction of sp³-hybridized carbons (Fsp3) is 0.846. The largest absolute Gasteiger partial charge is 0.344 e. The number of carbonyl (C=O) groups is 2. The molecular weight excluding hydrogens is 230 g/mol. The van der Waals surface area contributed by atoms with E-state index in [1.807, 2.05) is 0 Å². The lowest BCUT2D eigenvalue weighted by Crippen LogP contribution is -2.52. The average molecular weight is 253 g/mol. The Morgan fingerprint density at radius 1 is 1.11 bits per heavy atom. The van der Waals surface area contributed by atoms with E-state index in [4.69, 9.17) is 0 Å². The minimum Gasteiger partial charge on any atom is -0.344 e. The van der Waals surface area contributed by atoms with Crippen molar-refractivity contribution in [3.05, 3.63) is 0 Å². The number of rotatable bonds is 2. The number of nitrogens with zero attached hydrogens (tertiary/aromatic N) is 1. The van der Waals surface area contributed by atoms with Gasteiger partial charge in [0.05, 0.1) is 0 Å².